The maximum absolute atomic E-state index is 3.21. The van der Waals surface area contributed by atoms with Gasteiger partial charge in [0.2, 0.25) is 0 Å². The molecular formula is C18H25NS6. The van der Waals surface area contributed by atoms with E-state index in [2.05, 4.69) is 68.6 Å². The van der Waals surface area contributed by atoms with Gasteiger partial charge in [0.1, 0.15) is 0 Å². The van der Waals surface area contributed by atoms with E-state index in [0.717, 1.165) is 11.8 Å². The Morgan fingerprint density at radius 2 is 1.20 bits per heavy atom. The van der Waals surface area contributed by atoms with E-state index < -0.39 is 0 Å². The molecule has 1 aromatic heterocycles. The van der Waals surface area contributed by atoms with Gasteiger partial charge in [0.15, 0.2) is 0 Å². The average Bonchev–Trinajstić information content (AvgIpc) is 3.20. The summed E-state index contributed by atoms with van der Waals surface area (Å²) >= 11 is 12.0. The smallest absolute Gasteiger partial charge is 0.0717 e. The third kappa shape index (κ3) is 5.92. The Hall–Kier alpha value is 0.860. The quantitative estimate of drug-likeness (QED) is 0.426. The van der Waals surface area contributed by atoms with Gasteiger partial charge in [-0.05, 0) is 36.2 Å². The van der Waals surface area contributed by atoms with Crippen molar-refractivity contribution >= 4 is 70.6 Å². The van der Waals surface area contributed by atoms with Crippen molar-refractivity contribution in [1.82, 2.24) is 4.98 Å². The molecule has 0 saturated heterocycles. The van der Waals surface area contributed by atoms with Crippen molar-refractivity contribution < 1.29 is 0 Å². The Morgan fingerprint density at radius 3 is 1.64 bits per heavy atom. The maximum atomic E-state index is 3.21. The molecule has 1 N–H and O–H groups in total. The fourth-order valence-electron chi connectivity index (χ4n) is 2.11. The molecule has 1 nitrogen and oxygen atoms in total. The van der Waals surface area contributed by atoms with Crippen molar-refractivity contribution in [2.45, 2.75) is 50.3 Å². The van der Waals surface area contributed by atoms with Crippen molar-refractivity contribution in [1.29, 1.82) is 0 Å². The minimum atomic E-state index is 0.786. The molecule has 0 aromatic carbocycles. The lowest BCUT2D eigenvalue weighted by Crippen LogP contribution is -1.90. The number of H-pyrrole nitrogens is 1. The van der Waals surface area contributed by atoms with Crippen LogP contribution in [-0.2, 0) is 0 Å². The van der Waals surface area contributed by atoms with Crippen molar-refractivity contribution in [3.63, 3.8) is 0 Å². The van der Waals surface area contributed by atoms with Gasteiger partial charge in [0.05, 0.1) is 16.9 Å². The Bertz CT molecular complexity index is 608. The first kappa shape index (κ1) is 20.6. The number of nitrogens with one attached hydrogen (secondary N) is 1. The van der Waals surface area contributed by atoms with Gasteiger partial charge >= 0.3 is 0 Å². The van der Waals surface area contributed by atoms with Crippen LogP contribution in [0.25, 0.3) is 0 Å². The average molecular weight is 448 g/mol. The first-order chi connectivity index (χ1) is 12.0. The molecule has 7 heteroatoms. The second-order valence-corrected chi connectivity index (χ2v) is 14.2. The number of aromatic amines is 1. The minimum absolute atomic E-state index is 0.786. The minimum Gasteiger partial charge on any atom is -0.366 e. The highest BCUT2D eigenvalue weighted by Gasteiger charge is 2.29. The third-order valence-corrected chi connectivity index (χ3v) is 12.3. The lowest BCUT2D eigenvalue weighted by atomic mass is 10.2. The fourth-order valence-corrected chi connectivity index (χ4v) is 11.3. The lowest BCUT2D eigenvalue weighted by molar-refractivity contribution is 0.632. The lowest BCUT2D eigenvalue weighted by Gasteiger charge is -2.07. The molecule has 25 heavy (non-hydrogen) atoms. The summed E-state index contributed by atoms with van der Waals surface area (Å²) in [6, 6.07) is 0. The van der Waals surface area contributed by atoms with Crippen molar-refractivity contribution in [3.8, 4) is 0 Å². The van der Waals surface area contributed by atoms with E-state index in [9.17, 15) is 0 Å². The largest absolute Gasteiger partial charge is 0.366 e. The van der Waals surface area contributed by atoms with Crippen molar-refractivity contribution in [2.24, 2.45) is 11.8 Å². The van der Waals surface area contributed by atoms with Crippen LogP contribution >= 0.6 is 70.6 Å². The highest BCUT2D eigenvalue weighted by atomic mass is 32.3. The van der Waals surface area contributed by atoms with Gasteiger partial charge in [0, 0.05) is 22.2 Å². The molecule has 0 spiro atoms. The molecule has 1 aromatic rings. The van der Waals surface area contributed by atoms with Gasteiger partial charge < -0.3 is 4.98 Å². The number of hydrogen-bond donors (Lipinski definition) is 1. The van der Waals surface area contributed by atoms with Crippen LogP contribution < -0.4 is 0 Å². The van der Waals surface area contributed by atoms with Gasteiger partial charge in [-0.25, -0.2) is 0 Å². The number of aromatic nitrogens is 1. The molecule has 3 rings (SSSR count). The summed E-state index contributed by atoms with van der Waals surface area (Å²) in [6.07, 6.45) is 6.83. The number of thioether (sulfide) groups is 6. The third-order valence-electron chi connectivity index (χ3n) is 3.64. The van der Waals surface area contributed by atoms with E-state index in [1.807, 2.05) is 47.0 Å². The number of rotatable bonds is 8. The summed E-state index contributed by atoms with van der Waals surface area (Å²) in [5, 5.41) is 0. The Labute approximate surface area is 177 Å². The highest BCUT2D eigenvalue weighted by molar-refractivity contribution is 8.42. The Balaban J connectivity index is 1.65. The molecule has 0 unspecified atom stereocenters. The van der Waals surface area contributed by atoms with Crippen LogP contribution in [0.5, 0.6) is 0 Å². The van der Waals surface area contributed by atoms with E-state index in [1.165, 1.54) is 42.6 Å². The molecule has 0 saturated carbocycles. The predicted molar refractivity (Wildman–Crippen MR) is 126 cm³/mol. The highest BCUT2D eigenvalue weighted by Crippen LogP contribution is 2.64. The zero-order chi connectivity index (χ0) is 17.8. The van der Waals surface area contributed by atoms with E-state index in [-0.39, 0.29) is 0 Å². The van der Waals surface area contributed by atoms with Crippen LogP contribution in [0.2, 0.25) is 0 Å². The van der Waals surface area contributed by atoms with Crippen LogP contribution in [0.4, 0.5) is 0 Å². The van der Waals surface area contributed by atoms with E-state index in [1.54, 1.807) is 8.47 Å². The molecule has 0 atom stereocenters. The fraction of sp³-hybridized carbons (Fsp3) is 0.556. The zero-order valence-electron chi connectivity index (χ0n) is 15.1. The van der Waals surface area contributed by atoms with Gasteiger partial charge in [-0.15, -0.1) is 23.5 Å². The second kappa shape index (κ2) is 9.87. The molecular weight excluding hydrogens is 423 g/mol. The standard InChI is InChI=1S/C18H25NS6/c1-11(2)5-7-20-15-16(21-8-6-12(3)4)25-18(24-15)17-22-13-9-19-10-14(13)23-17/h9-12,19H,5-8H2,1-4H3. The van der Waals surface area contributed by atoms with Crippen LogP contribution in [0.15, 0.2) is 39.1 Å². The normalized spacial score (nSPS) is 17.5. The summed E-state index contributed by atoms with van der Waals surface area (Å²) in [4.78, 5) is 5.97. The molecule has 2 aliphatic heterocycles. The van der Waals surface area contributed by atoms with Gasteiger partial charge in [-0.1, -0.05) is 74.7 Å². The maximum Gasteiger partial charge on any atom is 0.0717 e. The molecule has 0 fully saturated rings. The monoisotopic (exact) mass is 447 g/mol. The van der Waals surface area contributed by atoms with Gasteiger partial charge in [0.25, 0.3) is 0 Å². The first-order valence-electron chi connectivity index (χ1n) is 8.65. The number of hydrogen-bond acceptors (Lipinski definition) is 6. The molecule has 0 aliphatic carbocycles. The molecule has 0 bridgehead atoms. The molecule has 138 valence electrons. The Morgan fingerprint density at radius 1 is 0.760 bits per heavy atom. The summed E-state index contributed by atoms with van der Waals surface area (Å²) < 4.78 is 6.04. The second-order valence-electron chi connectivity index (χ2n) is 6.80. The van der Waals surface area contributed by atoms with Crippen LogP contribution in [0.1, 0.15) is 40.5 Å². The summed E-state index contributed by atoms with van der Waals surface area (Å²) in [7, 11) is 0. The predicted octanol–water partition coefficient (Wildman–Crippen LogP) is 8.50. The summed E-state index contributed by atoms with van der Waals surface area (Å²) in [6.45, 7) is 9.27. The molecule has 3 heterocycles. The first-order valence-corrected chi connectivity index (χ1v) is 13.9. The van der Waals surface area contributed by atoms with Crippen LogP contribution in [0, 0.1) is 11.8 Å². The van der Waals surface area contributed by atoms with E-state index in [4.69, 9.17) is 0 Å². The zero-order valence-corrected chi connectivity index (χ0v) is 20.0. The topological polar surface area (TPSA) is 15.8 Å². The molecule has 0 radical (unpaired) electrons. The van der Waals surface area contributed by atoms with Crippen LogP contribution in [0.3, 0.4) is 0 Å². The van der Waals surface area contributed by atoms with Crippen molar-refractivity contribution in [2.75, 3.05) is 11.5 Å². The Kier molecular flexibility index (Phi) is 8.13. The van der Waals surface area contributed by atoms with Gasteiger partial charge in [-0.2, -0.15) is 0 Å². The van der Waals surface area contributed by atoms with Crippen LogP contribution in [-0.4, -0.2) is 16.5 Å². The van der Waals surface area contributed by atoms with Gasteiger partial charge in [-0.3, -0.25) is 0 Å². The number of fused-ring (bicyclic) bond motifs is 1. The summed E-state index contributed by atoms with van der Waals surface area (Å²) in [5.41, 5.74) is 0. The molecule has 2 aliphatic rings. The van der Waals surface area contributed by atoms with Crippen molar-refractivity contribution in [3.05, 3.63) is 29.3 Å². The van der Waals surface area contributed by atoms with E-state index >= 15 is 0 Å². The molecule has 0 amide bonds. The summed E-state index contributed by atoms with van der Waals surface area (Å²) in [5.74, 6) is 4.04. The SMILES string of the molecule is CC(C)CCSC1=C(SCCC(C)C)SC(=C2Sc3c[nH]cc3S2)S1. The van der Waals surface area contributed by atoms with E-state index in [0.29, 0.717) is 0 Å².